The van der Waals surface area contributed by atoms with Crippen molar-refractivity contribution in [2.45, 2.75) is 46.5 Å². The normalized spacial score (nSPS) is 20.6. The van der Waals surface area contributed by atoms with Crippen molar-refractivity contribution < 1.29 is 0 Å². The number of fused-ring (bicyclic) bond motifs is 1. The fourth-order valence-corrected chi connectivity index (χ4v) is 2.49. The molecule has 2 rings (SSSR count). The first-order valence-electron chi connectivity index (χ1n) is 6.14. The predicted octanol–water partition coefficient (Wildman–Crippen LogP) is 2.60. The second-order valence-electron chi connectivity index (χ2n) is 5.52. The van der Waals surface area contributed by atoms with Crippen LogP contribution in [-0.4, -0.2) is 10.2 Å². The number of hydrogen-bond acceptors (Lipinski definition) is 3. The summed E-state index contributed by atoms with van der Waals surface area (Å²) in [5, 5.41) is 8.11. The Kier molecular flexibility index (Phi) is 2.87. The SMILES string of the molecule is CCC(C)(C)C1CCc2nnc(N)cc2C1. The molecule has 1 unspecified atom stereocenters. The maximum atomic E-state index is 5.70. The molecule has 0 amide bonds. The fraction of sp³-hybridized carbons (Fsp3) is 0.692. The standard InChI is InChI=1S/C13H21N3/c1-4-13(2,3)10-5-6-11-9(7-10)8-12(14)16-15-11/h8,10H,4-7H2,1-3H3,(H2,14,16). The summed E-state index contributed by atoms with van der Waals surface area (Å²) in [5.74, 6) is 1.29. The molecular weight excluding hydrogens is 198 g/mol. The smallest absolute Gasteiger partial charge is 0.146 e. The molecule has 1 heterocycles. The van der Waals surface area contributed by atoms with Gasteiger partial charge in [-0.1, -0.05) is 27.2 Å². The number of rotatable bonds is 2. The first kappa shape index (κ1) is 11.4. The minimum atomic E-state index is 0.412. The van der Waals surface area contributed by atoms with Crippen LogP contribution in [0.1, 0.15) is 44.9 Å². The molecule has 16 heavy (non-hydrogen) atoms. The Labute approximate surface area is 97.5 Å². The van der Waals surface area contributed by atoms with Gasteiger partial charge in [0.25, 0.3) is 0 Å². The summed E-state index contributed by atoms with van der Waals surface area (Å²) in [6, 6.07) is 2.00. The lowest BCUT2D eigenvalue weighted by Crippen LogP contribution is -2.29. The van der Waals surface area contributed by atoms with Crippen LogP contribution in [-0.2, 0) is 12.8 Å². The average Bonchev–Trinajstić information content (AvgIpc) is 2.28. The number of aromatic nitrogens is 2. The van der Waals surface area contributed by atoms with Gasteiger partial charge in [-0.25, -0.2) is 0 Å². The zero-order chi connectivity index (χ0) is 11.8. The first-order valence-corrected chi connectivity index (χ1v) is 6.14. The van der Waals surface area contributed by atoms with E-state index < -0.39 is 0 Å². The van der Waals surface area contributed by atoms with Crippen molar-refractivity contribution >= 4 is 5.82 Å². The third kappa shape index (κ3) is 2.04. The fourth-order valence-electron chi connectivity index (χ4n) is 2.49. The van der Waals surface area contributed by atoms with Gasteiger partial charge in [0.15, 0.2) is 0 Å². The minimum Gasteiger partial charge on any atom is -0.382 e. The van der Waals surface area contributed by atoms with E-state index in [9.17, 15) is 0 Å². The van der Waals surface area contributed by atoms with Crippen LogP contribution in [0.3, 0.4) is 0 Å². The highest BCUT2D eigenvalue weighted by Gasteiger charge is 2.31. The third-order valence-corrected chi connectivity index (χ3v) is 4.19. The van der Waals surface area contributed by atoms with Crippen LogP contribution in [0.4, 0.5) is 5.82 Å². The molecule has 0 saturated heterocycles. The van der Waals surface area contributed by atoms with Crippen LogP contribution in [0.25, 0.3) is 0 Å². The lowest BCUT2D eigenvalue weighted by Gasteiger charge is -2.36. The molecule has 1 aromatic heterocycles. The molecule has 0 spiro atoms. The molecule has 1 atom stereocenters. The molecule has 0 radical (unpaired) electrons. The van der Waals surface area contributed by atoms with Crippen molar-refractivity contribution in [2.24, 2.45) is 11.3 Å². The van der Waals surface area contributed by atoms with Crippen molar-refractivity contribution in [3.63, 3.8) is 0 Å². The maximum Gasteiger partial charge on any atom is 0.146 e. The van der Waals surface area contributed by atoms with Gasteiger partial charge in [-0.3, -0.25) is 0 Å². The first-order chi connectivity index (χ1) is 7.53. The van der Waals surface area contributed by atoms with E-state index in [4.69, 9.17) is 5.73 Å². The van der Waals surface area contributed by atoms with E-state index in [2.05, 4.69) is 31.0 Å². The number of nitrogens with zero attached hydrogens (tertiary/aromatic N) is 2. The van der Waals surface area contributed by atoms with Gasteiger partial charge in [0.1, 0.15) is 5.82 Å². The van der Waals surface area contributed by atoms with Crippen LogP contribution in [0, 0.1) is 11.3 Å². The van der Waals surface area contributed by atoms with Gasteiger partial charge in [0.05, 0.1) is 5.69 Å². The monoisotopic (exact) mass is 219 g/mol. The molecule has 0 fully saturated rings. The Balaban J connectivity index is 2.23. The predicted molar refractivity (Wildman–Crippen MR) is 66.0 cm³/mol. The van der Waals surface area contributed by atoms with E-state index >= 15 is 0 Å². The van der Waals surface area contributed by atoms with E-state index in [1.807, 2.05) is 6.07 Å². The van der Waals surface area contributed by atoms with E-state index in [1.54, 1.807) is 0 Å². The van der Waals surface area contributed by atoms with Gasteiger partial charge in [0, 0.05) is 0 Å². The third-order valence-electron chi connectivity index (χ3n) is 4.19. The van der Waals surface area contributed by atoms with Crippen molar-refractivity contribution in [1.82, 2.24) is 10.2 Å². The number of nitrogens with two attached hydrogens (primary N) is 1. The molecule has 88 valence electrons. The summed E-state index contributed by atoms with van der Waals surface area (Å²) in [4.78, 5) is 0. The summed E-state index contributed by atoms with van der Waals surface area (Å²) >= 11 is 0. The lowest BCUT2D eigenvalue weighted by atomic mass is 9.69. The molecule has 1 aliphatic rings. The van der Waals surface area contributed by atoms with Gasteiger partial charge in [-0.15, -0.1) is 5.10 Å². The number of anilines is 1. The second-order valence-corrected chi connectivity index (χ2v) is 5.52. The average molecular weight is 219 g/mol. The Morgan fingerprint density at radius 3 is 2.88 bits per heavy atom. The quantitative estimate of drug-likeness (QED) is 0.831. The molecule has 1 aromatic rings. The van der Waals surface area contributed by atoms with Crippen molar-refractivity contribution in [3.8, 4) is 0 Å². The van der Waals surface area contributed by atoms with Gasteiger partial charge >= 0.3 is 0 Å². The van der Waals surface area contributed by atoms with Crippen LogP contribution >= 0.6 is 0 Å². The van der Waals surface area contributed by atoms with Crippen molar-refractivity contribution in [1.29, 1.82) is 0 Å². The molecule has 0 saturated carbocycles. The van der Waals surface area contributed by atoms with E-state index in [1.165, 1.54) is 18.4 Å². The molecule has 0 bridgehead atoms. The maximum absolute atomic E-state index is 5.70. The lowest BCUT2D eigenvalue weighted by molar-refractivity contribution is 0.181. The highest BCUT2D eigenvalue weighted by molar-refractivity contribution is 5.35. The molecule has 2 N–H and O–H groups in total. The van der Waals surface area contributed by atoms with E-state index in [0.717, 1.165) is 24.5 Å². The summed E-state index contributed by atoms with van der Waals surface area (Å²) in [6.45, 7) is 7.00. The summed E-state index contributed by atoms with van der Waals surface area (Å²) in [7, 11) is 0. The molecule has 0 aromatic carbocycles. The summed E-state index contributed by atoms with van der Waals surface area (Å²) in [6.07, 6.45) is 4.61. The Bertz CT molecular complexity index is 385. The van der Waals surface area contributed by atoms with Crippen LogP contribution in [0.2, 0.25) is 0 Å². The van der Waals surface area contributed by atoms with Crippen molar-refractivity contribution in [3.05, 3.63) is 17.3 Å². The zero-order valence-electron chi connectivity index (χ0n) is 10.5. The van der Waals surface area contributed by atoms with Crippen LogP contribution in [0.5, 0.6) is 0 Å². The van der Waals surface area contributed by atoms with Gasteiger partial charge in [-0.05, 0) is 42.2 Å². The number of hydrogen-bond donors (Lipinski definition) is 1. The zero-order valence-corrected chi connectivity index (χ0v) is 10.5. The van der Waals surface area contributed by atoms with Gasteiger partial charge in [-0.2, -0.15) is 5.10 Å². The number of nitrogen functional groups attached to an aromatic ring is 1. The molecular formula is C13H21N3. The van der Waals surface area contributed by atoms with E-state index in [-0.39, 0.29) is 0 Å². The Morgan fingerprint density at radius 2 is 2.19 bits per heavy atom. The van der Waals surface area contributed by atoms with Crippen molar-refractivity contribution in [2.75, 3.05) is 5.73 Å². The molecule has 1 aliphatic carbocycles. The topological polar surface area (TPSA) is 51.8 Å². The highest BCUT2D eigenvalue weighted by Crippen LogP contribution is 2.39. The number of aryl methyl sites for hydroxylation is 1. The van der Waals surface area contributed by atoms with Crippen LogP contribution < -0.4 is 5.73 Å². The van der Waals surface area contributed by atoms with Gasteiger partial charge in [0.2, 0.25) is 0 Å². The van der Waals surface area contributed by atoms with E-state index in [0.29, 0.717) is 11.2 Å². The minimum absolute atomic E-state index is 0.412. The highest BCUT2D eigenvalue weighted by atomic mass is 15.1. The summed E-state index contributed by atoms with van der Waals surface area (Å²) in [5.41, 5.74) is 8.57. The molecule has 3 heteroatoms. The van der Waals surface area contributed by atoms with Crippen LogP contribution in [0.15, 0.2) is 6.07 Å². The Morgan fingerprint density at radius 1 is 1.44 bits per heavy atom. The van der Waals surface area contributed by atoms with Gasteiger partial charge < -0.3 is 5.73 Å². The molecule has 0 aliphatic heterocycles. The largest absolute Gasteiger partial charge is 0.382 e. The second kappa shape index (κ2) is 4.04. The Hall–Kier alpha value is -1.12. The molecule has 3 nitrogen and oxygen atoms in total. The summed E-state index contributed by atoms with van der Waals surface area (Å²) < 4.78 is 0.